The second-order valence-corrected chi connectivity index (χ2v) is 7.13. The molecule has 0 aromatic carbocycles. The maximum atomic E-state index is 11.9. The molecule has 12 heteroatoms. The summed E-state index contributed by atoms with van der Waals surface area (Å²) in [4.78, 5) is 56.6. The first-order valence-electron chi connectivity index (χ1n) is 10.4. The number of carbonyl (C=O) groups is 5. The maximum absolute atomic E-state index is 11.9. The number of carboxylic acids is 3. The zero-order chi connectivity index (χ0) is 23.6. The minimum absolute atomic E-state index is 0. The molecule has 12 nitrogen and oxygen atoms in total. The van der Waals surface area contributed by atoms with E-state index in [0.29, 0.717) is 32.4 Å². The summed E-state index contributed by atoms with van der Waals surface area (Å²) in [6.45, 7) is 1.03. The van der Waals surface area contributed by atoms with Gasteiger partial charge in [-0.15, -0.1) is 0 Å². The van der Waals surface area contributed by atoms with Crippen molar-refractivity contribution < 1.29 is 39.3 Å². The fourth-order valence-electron chi connectivity index (χ4n) is 2.71. The zero-order valence-electron chi connectivity index (χ0n) is 17.6. The molecule has 8 N–H and O–H groups in total. The lowest BCUT2D eigenvalue weighted by Gasteiger charge is -2.18. The van der Waals surface area contributed by atoms with Crippen LogP contribution in [0.3, 0.4) is 0 Å². The highest BCUT2D eigenvalue weighted by molar-refractivity contribution is 5.86. The molecule has 0 spiro atoms. The van der Waals surface area contributed by atoms with E-state index in [4.69, 9.17) is 15.9 Å². The first-order valence-corrected chi connectivity index (χ1v) is 10.4. The smallest absolute Gasteiger partial charge is 0.326 e. The van der Waals surface area contributed by atoms with Gasteiger partial charge in [-0.1, -0.05) is 20.3 Å². The average Bonchev–Trinajstić information content (AvgIpc) is 2.69. The number of hydrogen-bond acceptors (Lipinski definition) is 6. The zero-order valence-corrected chi connectivity index (χ0v) is 17.6. The number of nitrogens with two attached hydrogens (primary N) is 1. The molecule has 0 aliphatic rings. The van der Waals surface area contributed by atoms with Crippen LogP contribution in [0.4, 0.5) is 4.79 Å². The number of unbranched alkanes of at least 4 members (excludes halogenated alkanes) is 4. The van der Waals surface area contributed by atoms with Crippen LogP contribution in [0.2, 0.25) is 0 Å². The van der Waals surface area contributed by atoms with Crippen LogP contribution in [0.1, 0.15) is 71.6 Å². The lowest BCUT2D eigenvalue weighted by atomic mass is 10.1. The maximum Gasteiger partial charge on any atom is 0.326 e. The normalized spacial score (nSPS) is 12.0. The van der Waals surface area contributed by atoms with E-state index in [0.717, 1.165) is 25.7 Å². The molecule has 0 rings (SSSR count). The van der Waals surface area contributed by atoms with Gasteiger partial charge in [0.15, 0.2) is 0 Å². The standard InChI is InChI=1S/C19H34N4O8.CH4/c20-11-5-2-1-3-8-15(24)21-12-6-4-7-13(17(27)28)22-19(31)23-14(18(29)30)9-10-16(25)26;/h13-14H,1-12,20H2,(H,21,24)(H,25,26)(H,27,28)(H,29,30)(H2,22,23,31);1H4. The molecule has 0 aromatic rings. The van der Waals surface area contributed by atoms with Crippen LogP contribution in [0.15, 0.2) is 0 Å². The molecule has 0 saturated carbocycles. The fourth-order valence-corrected chi connectivity index (χ4v) is 2.71. The molecule has 2 unspecified atom stereocenters. The van der Waals surface area contributed by atoms with Crippen LogP contribution in [-0.4, -0.2) is 70.3 Å². The Morgan fingerprint density at radius 3 is 1.81 bits per heavy atom. The van der Waals surface area contributed by atoms with E-state index in [1.54, 1.807) is 0 Å². The highest BCUT2D eigenvalue weighted by atomic mass is 16.4. The highest BCUT2D eigenvalue weighted by Gasteiger charge is 2.24. The molecule has 0 fully saturated rings. The minimum Gasteiger partial charge on any atom is -0.481 e. The Morgan fingerprint density at radius 2 is 1.28 bits per heavy atom. The van der Waals surface area contributed by atoms with Crippen LogP contribution in [0.5, 0.6) is 0 Å². The van der Waals surface area contributed by atoms with Gasteiger partial charge in [-0.25, -0.2) is 14.4 Å². The summed E-state index contributed by atoms with van der Waals surface area (Å²) >= 11 is 0. The Balaban J connectivity index is 0. The molecule has 3 amide bonds. The van der Waals surface area contributed by atoms with Crippen molar-refractivity contribution in [1.29, 1.82) is 0 Å². The van der Waals surface area contributed by atoms with Crippen LogP contribution in [-0.2, 0) is 19.2 Å². The van der Waals surface area contributed by atoms with Gasteiger partial charge in [0.1, 0.15) is 12.1 Å². The van der Waals surface area contributed by atoms with E-state index in [2.05, 4.69) is 16.0 Å². The van der Waals surface area contributed by atoms with Gasteiger partial charge >= 0.3 is 23.9 Å². The summed E-state index contributed by atoms with van der Waals surface area (Å²) in [5.41, 5.74) is 5.40. The number of nitrogens with one attached hydrogen (secondary N) is 3. The van der Waals surface area contributed by atoms with Crippen LogP contribution in [0.25, 0.3) is 0 Å². The fraction of sp³-hybridized carbons (Fsp3) is 0.750. The molecule has 0 saturated heterocycles. The molecular formula is C20H38N4O8. The number of amides is 3. The number of carbonyl (C=O) groups excluding carboxylic acids is 2. The van der Waals surface area contributed by atoms with Crippen LogP contribution in [0, 0.1) is 0 Å². The molecule has 0 aromatic heterocycles. The lowest BCUT2D eigenvalue weighted by Crippen LogP contribution is -2.51. The van der Waals surface area contributed by atoms with Gasteiger partial charge in [0.25, 0.3) is 0 Å². The van der Waals surface area contributed by atoms with E-state index in [9.17, 15) is 29.1 Å². The predicted octanol–water partition coefficient (Wildman–Crippen LogP) is 0.889. The van der Waals surface area contributed by atoms with Gasteiger partial charge < -0.3 is 37.0 Å². The Kier molecular flexibility index (Phi) is 18.4. The summed E-state index contributed by atoms with van der Waals surface area (Å²) in [6, 6.07) is -3.70. The number of urea groups is 1. The van der Waals surface area contributed by atoms with Gasteiger partial charge in [-0.2, -0.15) is 0 Å². The van der Waals surface area contributed by atoms with E-state index >= 15 is 0 Å². The Bertz CT molecular complexity index is 600. The average molecular weight is 463 g/mol. The summed E-state index contributed by atoms with van der Waals surface area (Å²) in [6.07, 6.45) is 4.32. The van der Waals surface area contributed by atoms with Gasteiger partial charge in [-0.3, -0.25) is 9.59 Å². The molecule has 2 atom stereocenters. The van der Waals surface area contributed by atoms with E-state index in [-0.39, 0.29) is 26.2 Å². The van der Waals surface area contributed by atoms with Gasteiger partial charge in [0.2, 0.25) is 5.91 Å². The van der Waals surface area contributed by atoms with Crippen molar-refractivity contribution in [3.63, 3.8) is 0 Å². The summed E-state index contributed by atoms with van der Waals surface area (Å²) < 4.78 is 0. The van der Waals surface area contributed by atoms with Crippen molar-refractivity contribution in [3.8, 4) is 0 Å². The van der Waals surface area contributed by atoms with Crippen molar-refractivity contribution in [1.82, 2.24) is 16.0 Å². The number of carboxylic acid groups (broad SMARTS) is 3. The lowest BCUT2D eigenvalue weighted by molar-refractivity contribution is -0.140. The van der Waals surface area contributed by atoms with E-state index in [1.165, 1.54) is 0 Å². The monoisotopic (exact) mass is 462 g/mol. The third-order valence-electron chi connectivity index (χ3n) is 4.45. The molecule has 0 aliphatic carbocycles. The third kappa shape index (κ3) is 16.9. The second kappa shape index (κ2) is 18.8. The second-order valence-electron chi connectivity index (χ2n) is 7.13. The highest BCUT2D eigenvalue weighted by Crippen LogP contribution is 2.04. The molecule has 0 heterocycles. The first kappa shape index (κ1) is 31.3. The third-order valence-corrected chi connectivity index (χ3v) is 4.45. The number of rotatable bonds is 18. The van der Waals surface area contributed by atoms with E-state index in [1.807, 2.05) is 0 Å². The van der Waals surface area contributed by atoms with Crippen molar-refractivity contribution >= 4 is 29.8 Å². The molecule has 0 aliphatic heterocycles. The summed E-state index contributed by atoms with van der Waals surface area (Å²) in [7, 11) is 0. The number of aliphatic carboxylic acids is 3. The SMILES string of the molecule is C.NCCCCCCC(=O)NCCCCC(NC(=O)NC(CCC(=O)O)C(=O)O)C(=O)O. The largest absolute Gasteiger partial charge is 0.481 e. The van der Waals surface area contributed by atoms with Crippen molar-refractivity contribution in [2.75, 3.05) is 13.1 Å². The molecule has 0 bridgehead atoms. The molecule has 0 radical (unpaired) electrons. The Morgan fingerprint density at radius 1 is 0.719 bits per heavy atom. The van der Waals surface area contributed by atoms with Gasteiger partial charge in [0, 0.05) is 19.4 Å². The van der Waals surface area contributed by atoms with Gasteiger partial charge in [0.05, 0.1) is 0 Å². The summed E-state index contributed by atoms with van der Waals surface area (Å²) in [5, 5.41) is 33.9. The van der Waals surface area contributed by atoms with Gasteiger partial charge in [-0.05, 0) is 45.1 Å². The Labute approximate surface area is 188 Å². The molecule has 32 heavy (non-hydrogen) atoms. The van der Waals surface area contributed by atoms with E-state index < -0.39 is 42.4 Å². The molecular weight excluding hydrogens is 424 g/mol. The predicted molar refractivity (Wildman–Crippen MR) is 117 cm³/mol. The van der Waals surface area contributed by atoms with Crippen LogP contribution >= 0.6 is 0 Å². The quantitative estimate of drug-likeness (QED) is 0.144. The number of hydrogen-bond donors (Lipinski definition) is 7. The van der Waals surface area contributed by atoms with Crippen molar-refractivity contribution in [3.05, 3.63) is 0 Å². The summed E-state index contributed by atoms with van der Waals surface area (Å²) in [5.74, 6) is -3.98. The minimum atomic E-state index is -1.45. The van der Waals surface area contributed by atoms with Crippen molar-refractivity contribution in [2.24, 2.45) is 5.73 Å². The first-order chi connectivity index (χ1) is 14.7. The Hall–Kier alpha value is -2.89. The molecule has 186 valence electrons. The van der Waals surface area contributed by atoms with Crippen molar-refractivity contribution in [2.45, 2.75) is 83.7 Å². The van der Waals surface area contributed by atoms with Crippen LogP contribution < -0.4 is 21.7 Å². The topological polar surface area (TPSA) is 208 Å².